The van der Waals surface area contributed by atoms with Crippen molar-refractivity contribution >= 4 is 26.6 Å². The van der Waals surface area contributed by atoms with E-state index in [-0.39, 0.29) is 29.9 Å². The molecule has 1 atom stereocenters. The largest absolute Gasteiger partial charge is 0.485 e. The Bertz CT molecular complexity index is 1320. The van der Waals surface area contributed by atoms with Crippen LogP contribution in [0.2, 0.25) is 0 Å². The fraction of sp³-hybridized carbons (Fsp3) is 0.364. The molecule has 0 saturated carbocycles. The minimum Gasteiger partial charge on any atom is -0.485 e. The minimum atomic E-state index is -3.02. The fourth-order valence-corrected chi connectivity index (χ4v) is 5.92. The van der Waals surface area contributed by atoms with Gasteiger partial charge in [0.1, 0.15) is 11.3 Å². The lowest BCUT2D eigenvalue weighted by Crippen LogP contribution is -2.16. The fourth-order valence-electron chi connectivity index (χ4n) is 4.22. The number of hydrogen-bond acceptors (Lipinski definition) is 6. The van der Waals surface area contributed by atoms with Gasteiger partial charge in [-0.3, -0.25) is 4.79 Å². The van der Waals surface area contributed by atoms with E-state index < -0.39 is 15.5 Å². The average Bonchev–Trinajstić information content (AvgIpc) is 3.17. The highest BCUT2D eigenvalue weighted by atomic mass is 32.2. The molecule has 2 aromatic heterocycles. The van der Waals surface area contributed by atoms with Gasteiger partial charge in [0.2, 0.25) is 5.78 Å². The molecule has 1 unspecified atom stereocenters. The molecule has 30 heavy (non-hydrogen) atoms. The van der Waals surface area contributed by atoms with Crippen molar-refractivity contribution in [2.24, 2.45) is 0 Å². The van der Waals surface area contributed by atoms with Crippen molar-refractivity contribution in [1.82, 2.24) is 4.57 Å². The lowest BCUT2D eigenvalue weighted by molar-refractivity contribution is 0.0920. The zero-order valence-corrected chi connectivity index (χ0v) is 17.9. The number of aryl methyl sites for hydroxylation is 2. The first-order valence-electron chi connectivity index (χ1n) is 9.74. The molecule has 4 rings (SSSR count). The number of fused-ring (bicyclic) bond motifs is 1. The van der Waals surface area contributed by atoms with Crippen molar-refractivity contribution in [2.45, 2.75) is 33.2 Å². The van der Waals surface area contributed by atoms with Crippen LogP contribution in [0.5, 0.6) is 5.75 Å². The Kier molecular flexibility index (Phi) is 5.05. The second-order valence-electron chi connectivity index (χ2n) is 7.83. The van der Waals surface area contributed by atoms with E-state index in [0.717, 1.165) is 22.3 Å². The highest BCUT2D eigenvalue weighted by molar-refractivity contribution is 7.91. The van der Waals surface area contributed by atoms with Crippen molar-refractivity contribution in [3.05, 3.63) is 63.3 Å². The predicted octanol–water partition coefficient (Wildman–Crippen LogP) is 3.14. The maximum Gasteiger partial charge on any atom is 0.336 e. The summed E-state index contributed by atoms with van der Waals surface area (Å²) in [5.41, 5.74) is 2.93. The van der Waals surface area contributed by atoms with Crippen molar-refractivity contribution in [3.63, 3.8) is 0 Å². The van der Waals surface area contributed by atoms with E-state index in [2.05, 4.69) is 0 Å². The lowest BCUT2D eigenvalue weighted by atomic mass is 10.1. The van der Waals surface area contributed by atoms with Gasteiger partial charge in [-0.2, -0.15) is 0 Å². The summed E-state index contributed by atoms with van der Waals surface area (Å²) in [7, 11) is -3.02. The van der Waals surface area contributed by atoms with Crippen LogP contribution in [0, 0.1) is 20.8 Å². The molecule has 158 valence electrons. The summed E-state index contributed by atoms with van der Waals surface area (Å²) in [6, 6.07) is 8.20. The van der Waals surface area contributed by atoms with Crippen LogP contribution in [-0.4, -0.2) is 36.9 Å². The van der Waals surface area contributed by atoms with Gasteiger partial charge in [0, 0.05) is 40.5 Å². The summed E-state index contributed by atoms with van der Waals surface area (Å²) >= 11 is 0. The van der Waals surface area contributed by atoms with Gasteiger partial charge in [-0.1, -0.05) is 0 Å². The number of rotatable bonds is 5. The number of Topliss-reactive ketones (excluding diaryl/α,β-unsaturated/α-hetero) is 1. The highest BCUT2D eigenvalue weighted by Gasteiger charge is 2.31. The van der Waals surface area contributed by atoms with Crippen LogP contribution >= 0.6 is 0 Å². The standard InChI is InChI=1S/C22H23NO6S/c1-13-8-22(25)29-21-10-17(4-5-18(13)21)28-11-20(24)19-9-14(2)23(15(19)3)16-6-7-30(26,27)12-16/h4-5,8-10,16H,6-7,11-12H2,1-3H3. The first-order valence-corrected chi connectivity index (χ1v) is 11.6. The van der Waals surface area contributed by atoms with E-state index in [9.17, 15) is 18.0 Å². The smallest absolute Gasteiger partial charge is 0.336 e. The quantitative estimate of drug-likeness (QED) is 0.457. The van der Waals surface area contributed by atoms with Crippen molar-refractivity contribution in [3.8, 4) is 5.75 Å². The Labute approximate surface area is 174 Å². The van der Waals surface area contributed by atoms with Crippen LogP contribution in [-0.2, 0) is 9.84 Å². The Morgan fingerprint density at radius 3 is 2.67 bits per heavy atom. The molecular weight excluding hydrogens is 406 g/mol. The van der Waals surface area contributed by atoms with Gasteiger partial charge in [0.15, 0.2) is 16.4 Å². The maximum atomic E-state index is 12.8. The molecule has 0 spiro atoms. The van der Waals surface area contributed by atoms with Gasteiger partial charge in [-0.15, -0.1) is 0 Å². The molecule has 1 saturated heterocycles. The Morgan fingerprint density at radius 2 is 1.97 bits per heavy atom. The number of nitrogens with zero attached hydrogens (tertiary/aromatic N) is 1. The lowest BCUT2D eigenvalue weighted by Gasteiger charge is -2.16. The number of carbonyl (C=O) groups is 1. The molecule has 1 aliphatic rings. The second-order valence-corrected chi connectivity index (χ2v) is 10.1. The van der Waals surface area contributed by atoms with Crippen LogP contribution in [0.1, 0.15) is 39.8 Å². The summed E-state index contributed by atoms with van der Waals surface area (Å²) in [5, 5.41) is 0.809. The number of ketones is 1. The molecule has 3 heterocycles. The summed E-state index contributed by atoms with van der Waals surface area (Å²) in [6.07, 6.45) is 0.560. The molecular formula is C22H23NO6S. The molecule has 0 amide bonds. The van der Waals surface area contributed by atoms with E-state index in [1.165, 1.54) is 6.07 Å². The summed E-state index contributed by atoms with van der Waals surface area (Å²) in [5.74, 6) is 0.523. The zero-order valence-electron chi connectivity index (χ0n) is 17.1. The van der Waals surface area contributed by atoms with Gasteiger partial charge in [-0.05, 0) is 51.0 Å². The van der Waals surface area contributed by atoms with Crippen LogP contribution in [0.3, 0.4) is 0 Å². The van der Waals surface area contributed by atoms with Crippen LogP contribution in [0.25, 0.3) is 11.0 Å². The van der Waals surface area contributed by atoms with Crippen LogP contribution in [0.15, 0.2) is 39.5 Å². The van der Waals surface area contributed by atoms with Gasteiger partial charge in [0.25, 0.3) is 0 Å². The van der Waals surface area contributed by atoms with Crippen molar-refractivity contribution < 1.29 is 22.4 Å². The van der Waals surface area contributed by atoms with Crippen molar-refractivity contribution in [1.29, 1.82) is 0 Å². The van der Waals surface area contributed by atoms with Gasteiger partial charge >= 0.3 is 5.63 Å². The number of aromatic nitrogens is 1. The third kappa shape index (κ3) is 3.79. The van der Waals surface area contributed by atoms with E-state index >= 15 is 0 Å². The van der Waals surface area contributed by atoms with Crippen LogP contribution in [0.4, 0.5) is 0 Å². The molecule has 0 aliphatic carbocycles. The SMILES string of the molecule is Cc1cc(=O)oc2cc(OCC(=O)c3cc(C)n(C4CCS(=O)(=O)C4)c3C)ccc12. The van der Waals surface area contributed by atoms with Gasteiger partial charge in [-0.25, -0.2) is 13.2 Å². The molecule has 0 N–H and O–H groups in total. The number of benzene rings is 1. The van der Waals surface area contributed by atoms with Crippen LogP contribution < -0.4 is 10.4 Å². The zero-order chi connectivity index (χ0) is 21.6. The Morgan fingerprint density at radius 1 is 1.20 bits per heavy atom. The third-order valence-corrected chi connectivity index (χ3v) is 7.40. The predicted molar refractivity (Wildman–Crippen MR) is 113 cm³/mol. The van der Waals surface area contributed by atoms with E-state index in [1.54, 1.807) is 24.3 Å². The number of ether oxygens (including phenoxy) is 1. The van der Waals surface area contributed by atoms with Crippen molar-refractivity contribution in [2.75, 3.05) is 18.1 Å². The second kappa shape index (κ2) is 7.43. The molecule has 0 radical (unpaired) electrons. The highest BCUT2D eigenvalue weighted by Crippen LogP contribution is 2.29. The molecule has 8 heteroatoms. The minimum absolute atomic E-state index is 0.106. The normalized spacial score (nSPS) is 18.0. The monoisotopic (exact) mass is 429 g/mol. The summed E-state index contributed by atoms with van der Waals surface area (Å²) < 4.78 is 36.5. The summed E-state index contributed by atoms with van der Waals surface area (Å²) in [6.45, 7) is 5.37. The third-order valence-electron chi connectivity index (χ3n) is 5.65. The number of sulfone groups is 1. The van der Waals surface area contributed by atoms with E-state index in [4.69, 9.17) is 9.15 Å². The molecule has 1 fully saturated rings. The molecule has 1 aliphatic heterocycles. The maximum absolute atomic E-state index is 12.8. The average molecular weight is 429 g/mol. The molecule has 3 aromatic rings. The number of hydrogen-bond donors (Lipinski definition) is 0. The first kappa shape index (κ1) is 20.4. The van der Waals surface area contributed by atoms with Gasteiger partial charge in [0.05, 0.1) is 11.5 Å². The summed E-state index contributed by atoms with van der Waals surface area (Å²) in [4.78, 5) is 24.4. The topological polar surface area (TPSA) is 95.6 Å². The van der Waals surface area contributed by atoms with E-state index in [1.807, 2.05) is 25.3 Å². The molecule has 1 aromatic carbocycles. The number of carbonyl (C=O) groups excluding carboxylic acids is 1. The Balaban J connectivity index is 1.53. The molecule has 0 bridgehead atoms. The van der Waals surface area contributed by atoms with Gasteiger partial charge < -0.3 is 13.7 Å². The Hall–Kier alpha value is -2.87. The first-order chi connectivity index (χ1) is 14.1. The van der Waals surface area contributed by atoms with E-state index in [0.29, 0.717) is 23.3 Å². The molecule has 7 nitrogen and oxygen atoms in total.